The molecule has 0 unspecified atom stereocenters. The van der Waals surface area contributed by atoms with Gasteiger partial charge in [0.05, 0.1) is 0 Å². The molecule has 0 bridgehead atoms. The third kappa shape index (κ3) is 2.71. The van der Waals surface area contributed by atoms with Gasteiger partial charge in [0.2, 0.25) is 0 Å². The van der Waals surface area contributed by atoms with Crippen LogP contribution in [0.5, 0.6) is 0 Å². The lowest BCUT2D eigenvalue weighted by atomic mass is 10.2. The van der Waals surface area contributed by atoms with E-state index < -0.39 is 0 Å². The SMILES string of the molecule is CCN(C)C(=O)c1csc(-c2ccc(Cl)cc2)n1. The summed E-state index contributed by atoms with van der Waals surface area (Å²) in [5, 5.41) is 3.31. The van der Waals surface area contributed by atoms with Crippen molar-refractivity contribution in [2.24, 2.45) is 0 Å². The van der Waals surface area contributed by atoms with E-state index in [0.29, 0.717) is 17.3 Å². The molecule has 0 saturated carbocycles. The number of aromatic nitrogens is 1. The molecule has 0 saturated heterocycles. The van der Waals surface area contributed by atoms with Crippen molar-refractivity contribution >= 4 is 28.8 Å². The Labute approximate surface area is 115 Å². The molecule has 94 valence electrons. The fraction of sp³-hybridized carbons (Fsp3) is 0.231. The summed E-state index contributed by atoms with van der Waals surface area (Å²) in [6, 6.07) is 7.44. The van der Waals surface area contributed by atoms with Crippen LogP contribution in [-0.4, -0.2) is 29.4 Å². The minimum absolute atomic E-state index is 0.0473. The predicted molar refractivity (Wildman–Crippen MR) is 75.2 cm³/mol. The van der Waals surface area contributed by atoms with Crippen LogP contribution in [0.4, 0.5) is 0 Å². The van der Waals surface area contributed by atoms with Crippen LogP contribution in [0.1, 0.15) is 17.4 Å². The van der Waals surface area contributed by atoms with Crippen molar-refractivity contribution in [3.63, 3.8) is 0 Å². The van der Waals surface area contributed by atoms with Gasteiger partial charge in [-0.1, -0.05) is 23.7 Å². The Balaban J connectivity index is 2.25. The van der Waals surface area contributed by atoms with Crippen molar-refractivity contribution in [1.29, 1.82) is 0 Å². The second-order valence-corrected chi connectivity index (χ2v) is 5.16. The van der Waals surface area contributed by atoms with Gasteiger partial charge in [-0.25, -0.2) is 4.98 Å². The van der Waals surface area contributed by atoms with Gasteiger partial charge in [0, 0.05) is 29.6 Å². The van der Waals surface area contributed by atoms with Crippen molar-refractivity contribution < 1.29 is 4.79 Å². The summed E-state index contributed by atoms with van der Waals surface area (Å²) in [4.78, 5) is 17.9. The molecule has 1 aromatic carbocycles. The van der Waals surface area contributed by atoms with Crippen LogP contribution in [0.3, 0.4) is 0 Å². The first kappa shape index (κ1) is 13.1. The first-order valence-corrected chi connectivity index (χ1v) is 6.84. The first-order chi connectivity index (χ1) is 8.61. The Morgan fingerprint density at radius 1 is 1.39 bits per heavy atom. The van der Waals surface area contributed by atoms with Crippen molar-refractivity contribution in [2.45, 2.75) is 6.92 Å². The molecule has 0 fully saturated rings. The predicted octanol–water partition coefficient (Wildman–Crippen LogP) is 3.56. The Morgan fingerprint density at radius 3 is 2.67 bits per heavy atom. The van der Waals surface area contributed by atoms with Gasteiger partial charge in [-0.2, -0.15) is 0 Å². The first-order valence-electron chi connectivity index (χ1n) is 5.58. The van der Waals surface area contributed by atoms with Crippen LogP contribution in [0, 0.1) is 0 Å². The molecule has 1 heterocycles. The zero-order valence-corrected chi connectivity index (χ0v) is 11.8. The minimum atomic E-state index is -0.0473. The van der Waals surface area contributed by atoms with Crippen molar-refractivity contribution in [2.75, 3.05) is 13.6 Å². The van der Waals surface area contributed by atoms with Crippen molar-refractivity contribution in [3.05, 3.63) is 40.4 Å². The fourth-order valence-electron chi connectivity index (χ4n) is 1.44. The summed E-state index contributed by atoms with van der Waals surface area (Å²) in [6.07, 6.45) is 0. The van der Waals surface area contributed by atoms with Gasteiger partial charge in [-0.3, -0.25) is 4.79 Å². The van der Waals surface area contributed by atoms with Crippen molar-refractivity contribution in [1.82, 2.24) is 9.88 Å². The molecule has 18 heavy (non-hydrogen) atoms. The molecular weight excluding hydrogens is 268 g/mol. The Bertz CT molecular complexity index is 550. The van der Waals surface area contributed by atoms with Gasteiger partial charge in [-0.05, 0) is 19.1 Å². The van der Waals surface area contributed by atoms with E-state index >= 15 is 0 Å². The largest absolute Gasteiger partial charge is 0.341 e. The van der Waals surface area contributed by atoms with Gasteiger partial charge in [0.25, 0.3) is 5.91 Å². The van der Waals surface area contributed by atoms with E-state index in [9.17, 15) is 4.79 Å². The standard InChI is InChI=1S/C13H13ClN2OS/c1-3-16(2)13(17)11-8-18-12(15-11)9-4-6-10(14)7-5-9/h4-8H,3H2,1-2H3. The van der Waals surface area contributed by atoms with Crippen LogP contribution in [0.15, 0.2) is 29.6 Å². The average Bonchev–Trinajstić information content (AvgIpc) is 2.87. The monoisotopic (exact) mass is 280 g/mol. The summed E-state index contributed by atoms with van der Waals surface area (Å²) in [5.41, 5.74) is 1.47. The summed E-state index contributed by atoms with van der Waals surface area (Å²) in [7, 11) is 1.77. The molecule has 0 radical (unpaired) electrons. The molecule has 0 spiro atoms. The molecule has 1 aromatic heterocycles. The lowest BCUT2D eigenvalue weighted by Gasteiger charge is -2.11. The number of carbonyl (C=O) groups excluding carboxylic acids is 1. The number of thiazole rings is 1. The maximum Gasteiger partial charge on any atom is 0.273 e. The number of hydrogen-bond acceptors (Lipinski definition) is 3. The number of halogens is 1. The molecular formula is C13H13ClN2OS. The summed E-state index contributed by atoms with van der Waals surface area (Å²) in [6.45, 7) is 2.61. The highest BCUT2D eigenvalue weighted by Gasteiger charge is 2.14. The highest BCUT2D eigenvalue weighted by atomic mass is 35.5. The van der Waals surface area contributed by atoms with Gasteiger partial charge < -0.3 is 4.90 Å². The second-order valence-electron chi connectivity index (χ2n) is 3.86. The van der Waals surface area contributed by atoms with Gasteiger partial charge >= 0.3 is 0 Å². The molecule has 2 aromatic rings. The maximum atomic E-state index is 11.9. The highest BCUT2D eigenvalue weighted by Crippen LogP contribution is 2.25. The number of benzene rings is 1. The van der Waals surface area contributed by atoms with Crippen LogP contribution < -0.4 is 0 Å². The number of carbonyl (C=O) groups is 1. The number of hydrogen-bond donors (Lipinski definition) is 0. The van der Waals surface area contributed by atoms with Gasteiger partial charge in [0.1, 0.15) is 10.7 Å². The number of rotatable bonds is 3. The third-order valence-electron chi connectivity index (χ3n) is 2.64. The third-order valence-corrected chi connectivity index (χ3v) is 3.78. The maximum absolute atomic E-state index is 11.9. The Hall–Kier alpha value is -1.39. The fourth-order valence-corrected chi connectivity index (χ4v) is 2.36. The smallest absolute Gasteiger partial charge is 0.273 e. The number of nitrogens with zero attached hydrogens (tertiary/aromatic N) is 2. The summed E-state index contributed by atoms with van der Waals surface area (Å²) >= 11 is 7.30. The molecule has 0 atom stereocenters. The molecule has 2 rings (SSSR count). The van der Waals surface area contributed by atoms with E-state index in [-0.39, 0.29) is 5.91 Å². The molecule has 1 amide bonds. The Morgan fingerprint density at radius 2 is 2.06 bits per heavy atom. The molecule has 0 aliphatic heterocycles. The Kier molecular flexibility index (Phi) is 3.99. The molecule has 3 nitrogen and oxygen atoms in total. The summed E-state index contributed by atoms with van der Waals surface area (Å²) in [5.74, 6) is -0.0473. The van der Waals surface area contributed by atoms with E-state index in [1.54, 1.807) is 17.3 Å². The van der Waals surface area contributed by atoms with Crippen LogP contribution in [-0.2, 0) is 0 Å². The zero-order chi connectivity index (χ0) is 13.1. The quantitative estimate of drug-likeness (QED) is 0.861. The van der Waals surface area contributed by atoms with E-state index in [1.807, 2.05) is 31.2 Å². The normalized spacial score (nSPS) is 10.4. The minimum Gasteiger partial charge on any atom is -0.341 e. The molecule has 5 heteroatoms. The summed E-state index contributed by atoms with van der Waals surface area (Å²) < 4.78 is 0. The van der Waals surface area contributed by atoms with Crippen molar-refractivity contribution in [3.8, 4) is 10.6 Å². The lowest BCUT2D eigenvalue weighted by molar-refractivity contribution is 0.0797. The van der Waals surface area contributed by atoms with Gasteiger partial charge in [-0.15, -0.1) is 11.3 Å². The molecule has 0 N–H and O–H groups in total. The second kappa shape index (κ2) is 5.50. The molecule has 0 aliphatic carbocycles. The number of amides is 1. The van der Waals surface area contributed by atoms with E-state index in [4.69, 9.17) is 11.6 Å². The lowest BCUT2D eigenvalue weighted by Crippen LogP contribution is -2.26. The zero-order valence-electron chi connectivity index (χ0n) is 10.2. The van der Waals surface area contributed by atoms with Gasteiger partial charge in [0.15, 0.2) is 0 Å². The topological polar surface area (TPSA) is 33.2 Å². The molecule has 0 aliphatic rings. The van der Waals surface area contributed by atoms with E-state index in [1.165, 1.54) is 11.3 Å². The van der Waals surface area contributed by atoms with Crippen LogP contribution in [0.25, 0.3) is 10.6 Å². The van der Waals surface area contributed by atoms with Crippen LogP contribution in [0.2, 0.25) is 5.02 Å². The van der Waals surface area contributed by atoms with E-state index in [2.05, 4.69) is 4.98 Å². The highest BCUT2D eigenvalue weighted by molar-refractivity contribution is 7.13. The average molecular weight is 281 g/mol. The van der Waals surface area contributed by atoms with E-state index in [0.717, 1.165) is 10.6 Å². The van der Waals surface area contributed by atoms with Crippen LogP contribution >= 0.6 is 22.9 Å².